The predicted molar refractivity (Wildman–Crippen MR) is 101 cm³/mol. The van der Waals surface area contributed by atoms with Crippen molar-refractivity contribution in [3.05, 3.63) is 50.3 Å². The number of hydrogen-bond acceptors (Lipinski definition) is 4. The highest BCUT2D eigenvalue weighted by atomic mass is 127. The molecule has 1 heterocycles. The molecule has 0 unspecified atom stereocenters. The van der Waals surface area contributed by atoms with Crippen molar-refractivity contribution in [2.24, 2.45) is 7.05 Å². The van der Waals surface area contributed by atoms with Crippen LogP contribution in [0.25, 0.3) is 6.08 Å². The molecular weight excluding hydrogens is 445 g/mol. The van der Waals surface area contributed by atoms with Crippen LogP contribution in [0.1, 0.15) is 11.3 Å². The van der Waals surface area contributed by atoms with Crippen LogP contribution in [0.5, 0.6) is 0 Å². The summed E-state index contributed by atoms with van der Waals surface area (Å²) in [6, 6.07) is 7.31. The summed E-state index contributed by atoms with van der Waals surface area (Å²) >= 11 is 8.20. The Balaban J connectivity index is 1.86. The highest BCUT2D eigenvalue weighted by Crippen LogP contribution is 2.20. The SMILES string of the molecule is Cc1nn(C)c(Cl)c1/C=C/C(=O)OCC(=O)Nc1cccc(I)c1. The van der Waals surface area contributed by atoms with Crippen LogP contribution in [-0.2, 0) is 21.4 Å². The first-order chi connectivity index (χ1) is 11.4. The van der Waals surface area contributed by atoms with E-state index in [2.05, 4.69) is 33.0 Å². The summed E-state index contributed by atoms with van der Waals surface area (Å²) in [5, 5.41) is 7.21. The van der Waals surface area contributed by atoms with Crippen molar-refractivity contribution in [3.63, 3.8) is 0 Å². The smallest absolute Gasteiger partial charge is 0.331 e. The van der Waals surface area contributed by atoms with Crippen molar-refractivity contribution >= 4 is 57.8 Å². The van der Waals surface area contributed by atoms with Crippen LogP contribution in [0.2, 0.25) is 5.15 Å². The number of ether oxygens (including phenoxy) is 1. The average molecular weight is 460 g/mol. The van der Waals surface area contributed by atoms with Crippen LogP contribution in [0.3, 0.4) is 0 Å². The van der Waals surface area contributed by atoms with Crippen LogP contribution in [0, 0.1) is 10.5 Å². The number of carbonyl (C=O) groups excluding carboxylic acids is 2. The van der Waals surface area contributed by atoms with Crippen LogP contribution in [-0.4, -0.2) is 28.3 Å². The summed E-state index contributed by atoms with van der Waals surface area (Å²) in [7, 11) is 1.71. The second-order valence-corrected chi connectivity index (χ2v) is 6.52. The van der Waals surface area contributed by atoms with E-state index < -0.39 is 11.9 Å². The number of aromatic nitrogens is 2. The zero-order chi connectivity index (χ0) is 17.7. The normalized spacial score (nSPS) is 10.8. The van der Waals surface area contributed by atoms with Crippen molar-refractivity contribution in [1.82, 2.24) is 9.78 Å². The Bertz CT molecular complexity index is 802. The van der Waals surface area contributed by atoms with Gasteiger partial charge in [-0.2, -0.15) is 5.10 Å². The zero-order valence-electron chi connectivity index (χ0n) is 13.0. The molecule has 0 bridgehead atoms. The highest BCUT2D eigenvalue weighted by molar-refractivity contribution is 14.1. The minimum Gasteiger partial charge on any atom is -0.452 e. The lowest BCUT2D eigenvalue weighted by Crippen LogP contribution is -2.20. The second-order valence-electron chi connectivity index (χ2n) is 4.91. The maximum atomic E-state index is 11.8. The molecule has 6 nitrogen and oxygen atoms in total. The van der Waals surface area contributed by atoms with Crippen molar-refractivity contribution < 1.29 is 14.3 Å². The topological polar surface area (TPSA) is 73.2 Å². The fraction of sp³-hybridized carbons (Fsp3) is 0.188. The van der Waals surface area contributed by atoms with Crippen LogP contribution >= 0.6 is 34.2 Å². The van der Waals surface area contributed by atoms with Gasteiger partial charge in [0, 0.05) is 27.9 Å². The van der Waals surface area contributed by atoms with E-state index >= 15 is 0 Å². The standard InChI is InChI=1S/C16H15ClIN3O3/c1-10-13(16(17)21(2)20-10)6-7-15(23)24-9-14(22)19-12-5-3-4-11(18)8-12/h3-8H,9H2,1-2H3,(H,19,22)/b7-6+. The molecule has 0 aliphatic rings. The average Bonchev–Trinajstić information content (AvgIpc) is 2.76. The number of halogens is 2. The summed E-state index contributed by atoms with van der Waals surface area (Å²) in [5.41, 5.74) is 1.98. The van der Waals surface area contributed by atoms with E-state index in [1.54, 1.807) is 20.0 Å². The minimum absolute atomic E-state index is 0.367. The fourth-order valence-corrected chi connectivity index (χ4v) is 2.72. The molecule has 1 aromatic carbocycles. The molecule has 126 valence electrons. The molecule has 24 heavy (non-hydrogen) atoms. The van der Waals surface area contributed by atoms with E-state index in [1.165, 1.54) is 16.8 Å². The molecule has 1 aromatic heterocycles. The number of hydrogen-bond donors (Lipinski definition) is 1. The summed E-state index contributed by atoms with van der Waals surface area (Å²) in [6.45, 7) is 1.42. The number of carbonyl (C=O) groups is 2. The van der Waals surface area contributed by atoms with Gasteiger partial charge in [0.1, 0.15) is 5.15 Å². The lowest BCUT2D eigenvalue weighted by Gasteiger charge is -2.05. The zero-order valence-corrected chi connectivity index (χ0v) is 16.0. The quantitative estimate of drug-likeness (QED) is 0.423. The van der Waals surface area contributed by atoms with E-state index in [9.17, 15) is 9.59 Å². The number of benzene rings is 1. The number of anilines is 1. The molecule has 1 N–H and O–H groups in total. The number of rotatable bonds is 5. The Morgan fingerprint density at radius 2 is 2.21 bits per heavy atom. The third-order valence-corrected chi connectivity index (χ3v) is 4.16. The van der Waals surface area contributed by atoms with Gasteiger partial charge in [-0.25, -0.2) is 4.79 Å². The van der Waals surface area contributed by atoms with Gasteiger partial charge in [0.25, 0.3) is 5.91 Å². The number of nitrogens with one attached hydrogen (secondary N) is 1. The summed E-state index contributed by atoms with van der Waals surface area (Å²) in [5.74, 6) is -1.04. The van der Waals surface area contributed by atoms with Gasteiger partial charge in [0.05, 0.1) is 5.69 Å². The molecule has 2 aromatic rings. The molecule has 2 rings (SSSR count). The molecule has 8 heteroatoms. The molecule has 0 spiro atoms. The number of aryl methyl sites for hydroxylation is 2. The summed E-state index contributed by atoms with van der Waals surface area (Å²) < 4.78 is 7.41. The van der Waals surface area contributed by atoms with E-state index in [0.29, 0.717) is 22.1 Å². The molecule has 0 aliphatic carbocycles. The van der Waals surface area contributed by atoms with Gasteiger partial charge < -0.3 is 10.1 Å². The monoisotopic (exact) mass is 459 g/mol. The van der Waals surface area contributed by atoms with Crippen molar-refractivity contribution in [2.75, 3.05) is 11.9 Å². The minimum atomic E-state index is -0.632. The second kappa shape index (κ2) is 8.29. The molecular formula is C16H15ClIN3O3. The fourth-order valence-electron chi connectivity index (χ4n) is 1.94. The first-order valence-corrected chi connectivity index (χ1v) is 8.42. The predicted octanol–water partition coefficient (Wildman–Crippen LogP) is 3.18. The van der Waals surface area contributed by atoms with Gasteiger partial charge in [0.15, 0.2) is 6.61 Å². The maximum Gasteiger partial charge on any atom is 0.331 e. The Labute approximate surface area is 158 Å². The number of nitrogens with zero attached hydrogens (tertiary/aromatic N) is 2. The van der Waals surface area contributed by atoms with Gasteiger partial charge in [-0.3, -0.25) is 9.48 Å². The molecule has 0 aliphatic heterocycles. The molecule has 0 atom stereocenters. The summed E-state index contributed by atoms with van der Waals surface area (Å²) in [6.07, 6.45) is 2.74. The van der Waals surface area contributed by atoms with Gasteiger partial charge in [-0.05, 0) is 53.8 Å². The lowest BCUT2D eigenvalue weighted by molar-refractivity contribution is -0.142. The molecule has 0 fully saturated rings. The Hall–Kier alpha value is -1.87. The largest absolute Gasteiger partial charge is 0.452 e. The maximum absolute atomic E-state index is 11.8. The highest BCUT2D eigenvalue weighted by Gasteiger charge is 2.10. The van der Waals surface area contributed by atoms with E-state index in [0.717, 1.165) is 3.57 Å². The van der Waals surface area contributed by atoms with E-state index in [4.69, 9.17) is 16.3 Å². The van der Waals surface area contributed by atoms with E-state index in [-0.39, 0.29) is 6.61 Å². The Morgan fingerprint density at radius 3 is 2.83 bits per heavy atom. The third-order valence-electron chi connectivity index (χ3n) is 3.04. The van der Waals surface area contributed by atoms with Gasteiger partial charge >= 0.3 is 5.97 Å². The first-order valence-electron chi connectivity index (χ1n) is 6.96. The van der Waals surface area contributed by atoms with Gasteiger partial charge in [0.2, 0.25) is 0 Å². The molecule has 0 saturated heterocycles. The van der Waals surface area contributed by atoms with E-state index in [1.807, 2.05) is 18.2 Å². The first kappa shape index (κ1) is 18.5. The van der Waals surface area contributed by atoms with Gasteiger partial charge in [-0.1, -0.05) is 17.7 Å². The van der Waals surface area contributed by atoms with Crippen LogP contribution in [0.4, 0.5) is 5.69 Å². The molecule has 0 radical (unpaired) electrons. The molecule has 0 saturated carbocycles. The van der Waals surface area contributed by atoms with Crippen molar-refractivity contribution in [3.8, 4) is 0 Å². The van der Waals surface area contributed by atoms with Gasteiger partial charge in [-0.15, -0.1) is 0 Å². The third kappa shape index (κ3) is 5.07. The summed E-state index contributed by atoms with van der Waals surface area (Å²) in [4.78, 5) is 23.5. The lowest BCUT2D eigenvalue weighted by atomic mass is 10.2. The van der Waals surface area contributed by atoms with Crippen molar-refractivity contribution in [1.29, 1.82) is 0 Å². The van der Waals surface area contributed by atoms with Crippen molar-refractivity contribution in [2.45, 2.75) is 6.92 Å². The van der Waals surface area contributed by atoms with Crippen LogP contribution in [0.15, 0.2) is 30.3 Å². The Morgan fingerprint density at radius 1 is 1.46 bits per heavy atom. The molecule has 1 amide bonds. The number of amides is 1. The number of esters is 1. The van der Waals surface area contributed by atoms with Crippen LogP contribution < -0.4 is 5.32 Å². The Kier molecular flexibility index (Phi) is 6.38.